The van der Waals surface area contributed by atoms with Crippen LogP contribution in [-0.2, 0) is 11.2 Å². The van der Waals surface area contributed by atoms with E-state index in [1.165, 1.54) is 0 Å². The molecule has 1 heterocycles. The summed E-state index contributed by atoms with van der Waals surface area (Å²) in [5.74, 6) is 2.15. The van der Waals surface area contributed by atoms with E-state index in [1.807, 2.05) is 43.3 Å². The highest BCUT2D eigenvalue weighted by atomic mass is 16.5. The Hall–Kier alpha value is -3.08. The third-order valence-corrected chi connectivity index (χ3v) is 4.90. The minimum Gasteiger partial charge on any atom is -0.493 e. The van der Waals surface area contributed by atoms with Crippen molar-refractivity contribution in [2.45, 2.75) is 39.5 Å². The molecule has 5 nitrogen and oxygen atoms in total. The zero-order valence-electron chi connectivity index (χ0n) is 16.8. The summed E-state index contributed by atoms with van der Waals surface area (Å²) < 4.78 is 11.7. The summed E-state index contributed by atoms with van der Waals surface area (Å²) in [4.78, 5) is 11.9. The smallest absolute Gasteiger partial charge is 0.169 e. The number of para-hydroxylation sites is 1. The van der Waals surface area contributed by atoms with E-state index < -0.39 is 0 Å². The Balaban J connectivity index is 1.97. The Morgan fingerprint density at radius 1 is 1.14 bits per heavy atom. The average Bonchev–Trinajstić information content (AvgIpc) is 3.12. The third-order valence-electron chi connectivity index (χ3n) is 4.90. The Morgan fingerprint density at radius 2 is 1.93 bits per heavy atom. The van der Waals surface area contributed by atoms with Crippen molar-refractivity contribution in [3.8, 4) is 17.2 Å². The van der Waals surface area contributed by atoms with Crippen LogP contribution in [0.5, 0.6) is 17.2 Å². The second kappa shape index (κ2) is 8.74. The molecular weight excluding hydrogens is 352 g/mol. The molecule has 0 saturated carbocycles. The highest BCUT2D eigenvalue weighted by Crippen LogP contribution is 2.38. The molecule has 5 heteroatoms. The molecule has 0 aliphatic heterocycles. The first-order chi connectivity index (χ1) is 13.5. The van der Waals surface area contributed by atoms with Gasteiger partial charge in [0.15, 0.2) is 11.5 Å². The fraction of sp³-hybridized carbons (Fsp3) is 0.304. The van der Waals surface area contributed by atoms with Crippen LogP contribution in [0, 0.1) is 6.92 Å². The summed E-state index contributed by atoms with van der Waals surface area (Å²) in [7, 11) is 1.63. The Labute approximate surface area is 165 Å². The van der Waals surface area contributed by atoms with Crippen molar-refractivity contribution >= 4 is 5.78 Å². The van der Waals surface area contributed by atoms with E-state index in [-0.39, 0.29) is 11.7 Å². The molecule has 0 aliphatic carbocycles. The van der Waals surface area contributed by atoms with Crippen LogP contribution in [0.2, 0.25) is 0 Å². The van der Waals surface area contributed by atoms with Crippen LogP contribution in [0.1, 0.15) is 48.6 Å². The number of Topliss-reactive ketones (excluding diaryl/α,β-unsaturated/α-hetero) is 1. The number of benzene rings is 2. The molecule has 3 rings (SSSR count). The lowest BCUT2D eigenvalue weighted by atomic mass is 9.87. The SMILES string of the molecule is CCc1ccccc1Oc1ccc(C(CC(C)=O)c2cn[nH]c2C)cc1OC. The molecule has 1 N–H and O–H groups in total. The number of aromatic nitrogens is 2. The van der Waals surface area contributed by atoms with Gasteiger partial charge in [-0.3, -0.25) is 9.89 Å². The summed E-state index contributed by atoms with van der Waals surface area (Å²) in [6.45, 7) is 5.67. The van der Waals surface area contributed by atoms with Crippen molar-refractivity contribution in [1.82, 2.24) is 10.2 Å². The maximum atomic E-state index is 11.9. The quantitative estimate of drug-likeness (QED) is 0.586. The second-order valence-electron chi connectivity index (χ2n) is 6.88. The maximum Gasteiger partial charge on any atom is 0.169 e. The van der Waals surface area contributed by atoms with Gasteiger partial charge in [-0.2, -0.15) is 5.10 Å². The van der Waals surface area contributed by atoms with Crippen LogP contribution in [0.4, 0.5) is 0 Å². The van der Waals surface area contributed by atoms with E-state index in [1.54, 1.807) is 20.2 Å². The minimum atomic E-state index is -0.0814. The van der Waals surface area contributed by atoms with Gasteiger partial charge < -0.3 is 9.47 Å². The first-order valence-electron chi connectivity index (χ1n) is 9.46. The molecule has 0 bridgehead atoms. The number of nitrogens with one attached hydrogen (secondary N) is 1. The van der Waals surface area contributed by atoms with E-state index in [0.29, 0.717) is 17.9 Å². The van der Waals surface area contributed by atoms with Crippen LogP contribution in [0.25, 0.3) is 0 Å². The fourth-order valence-electron chi connectivity index (χ4n) is 3.41. The van der Waals surface area contributed by atoms with Gasteiger partial charge in [-0.25, -0.2) is 0 Å². The van der Waals surface area contributed by atoms with Crippen LogP contribution in [-0.4, -0.2) is 23.1 Å². The number of H-pyrrole nitrogens is 1. The largest absolute Gasteiger partial charge is 0.493 e. The molecule has 146 valence electrons. The van der Waals surface area contributed by atoms with Crippen LogP contribution >= 0.6 is 0 Å². The zero-order chi connectivity index (χ0) is 20.1. The molecule has 0 amide bonds. The Bertz CT molecular complexity index is 962. The topological polar surface area (TPSA) is 64.2 Å². The molecule has 0 fully saturated rings. The van der Waals surface area contributed by atoms with Gasteiger partial charge in [-0.05, 0) is 49.6 Å². The lowest BCUT2D eigenvalue weighted by Gasteiger charge is -2.19. The number of carbonyl (C=O) groups is 1. The van der Waals surface area contributed by atoms with Gasteiger partial charge in [0, 0.05) is 23.6 Å². The molecule has 2 aromatic carbocycles. The summed E-state index contributed by atoms with van der Waals surface area (Å²) in [6.07, 6.45) is 3.08. The van der Waals surface area contributed by atoms with E-state index in [2.05, 4.69) is 23.2 Å². The zero-order valence-corrected chi connectivity index (χ0v) is 16.8. The van der Waals surface area contributed by atoms with E-state index in [4.69, 9.17) is 9.47 Å². The summed E-state index contributed by atoms with van der Waals surface area (Å²) >= 11 is 0. The van der Waals surface area contributed by atoms with Crippen LogP contribution in [0.3, 0.4) is 0 Å². The van der Waals surface area contributed by atoms with Crippen molar-refractivity contribution < 1.29 is 14.3 Å². The summed E-state index contributed by atoms with van der Waals surface area (Å²) in [6, 6.07) is 13.8. The lowest BCUT2D eigenvalue weighted by molar-refractivity contribution is -0.117. The Morgan fingerprint density at radius 3 is 2.57 bits per heavy atom. The van der Waals surface area contributed by atoms with Gasteiger partial charge in [0.25, 0.3) is 0 Å². The van der Waals surface area contributed by atoms with E-state index >= 15 is 0 Å². The number of aryl methyl sites for hydroxylation is 2. The molecule has 0 saturated heterocycles. The highest BCUT2D eigenvalue weighted by molar-refractivity contribution is 5.77. The number of hydrogen-bond donors (Lipinski definition) is 1. The number of ketones is 1. The van der Waals surface area contributed by atoms with Crippen LogP contribution in [0.15, 0.2) is 48.7 Å². The number of hydrogen-bond acceptors (Lipinski definition) is 4. The summed E-state index contributed by atoms with van der Waals surface area (Å²) in [5, 5.41) is 7.08. The molecule has 28 heavy (non-hydrogen) atoms. The first-order valence-corrected chi connectivity index (χ1v) is 9.46. The standard InChI is InChI=1S/C23H26N2O3/c1-5-17-8-6-7-9-21(17)28-22-11-10-18(13-23(22)27-4)19(12-15(2)26)20-14-24-25-16(20)3/h6-11,13-14,19H,5,12H2,1-4H3,(H,24,25). The third kappa shape index (κ3) is 4.25. The molecule has 1 aromatic heterocycles. The van der Waals surface area contributed by atoms with Gasteiger partial charge in [0.2, 0.25) is 0 Å². The molecule has 1 unspecified atom stereocenters. The molecule has 0 spiro atoms. The van der Waals surface area contributed by atoms with Gasteiger partial charge >= 0.3 is 0 Å². The molecule has 0 aliphatic rings. The van der Waals surface area contributed by atoms with Crippen molar-refractivity contribution in [1.29, 1.82) is 0 Å². The number of methoxy groups -OCH3 is 1. The van der Waals surface area contributed by atoms with Crippen molar-refractivity contribution in [2.75, 3.05) is 7.11 Å². The van der Waals surface area contributed by atoms with Gasteiger partial charge in [0.05, 0.1) is 13.3 Å². The van der Waals surface area contributed by atoms with Gasteiger partial charge in [-0.1, -0.05) is 31.2 Å². The average molecular weight is 378 g/mol. The number of rotatable bonds is 8. The van der Waals surface area contributed by atoms with Crippen molar-refractivity contribution in [3.05, 3.63) is 71.0 Å². The maximum absolute atomic E-state index is 11.9. The van der Waals surface area contributed by atoms with Crippen LogP contribution < -0.4 is 9.47 Å². The highest BCUT2D eigenvalue weighted by Gasteiger charge is 2.21. The van der Waals surface area contributed by atoms with E-state index in [0.717, 1.165) is 34.6 Å². The molecule has 0 radical (unpaired) electrons. The number of ether oxygens (including phenoxy) is 2. The molecule has 1 atom stereocenters. The number of carbonyl (C=O) groups excluding carboxylic acids is 1. The minimum absolute atomic E-state index is 0.0814. The van der Waals surface area contributed by atoms with Gasteiger partial charge in [-0.15, -0.1) is 0 Å². The normalized spacial score (nSPS) is 11.9. The predicted octanol–water partition coefficient (Wildman–Crippen LogP) is 5.19. The monoisotopic (exact) mass is 378 g/mol. The number of nitrogens with zero attached hydrogens (tertiary/aromatic N) is 1. The lowest BCUT2D eigenvalue weighted by Crippen LogP contribution is -2.07. The Kier molecular flexibility index (Phi) is 6.14. The van der Waals surface area contributed by atoms with E-state index in [9.17, 15) is 4.79 Å². The summed E-state index contributed by atoms with van der Waals surface area (Å²) in [5.41, 5.74) is 4.11. The predicted molar refractivity (Wildman–Crippen MR) is 109 cm³/mol. The molecular formula is C23H26N2O3. The number of aromatic amines is 1. The fourth-order valence-corrected chi connectivity index (χ4v) is 3.41. The first kappa shape index (κ1) is 19.7. The second-order valence-corrected chi connectivity index (χ2v) is 6.88. The van der Waals surface area contributed by atoms with Crippen molar-refractivity contribution in [2.24, 2.45) is 0 Å². The van der Waals surface area contributed by atoms with Crippen molar-refractivity contribution in [3.63, 3.8) is 0 Å². The molecule has 3 aromatic rings. The van der Waals surface area contributed by atoms with Gasteiger partial charge in [0.1, 0.15) is 11.5 Å².